The predicted molar refractivity (Wildman–Crippen MR) is 85.2 cm³/mol. The van der Waals surface area contributed by atoms with Gasteiger partial charge in [-0.25, -0.2) is 9.78 Å². The van der Waals surface area contributed by atoms with E-state index >= 15 is 0 Å². The van der Waals surface area contributed by atoms with Gasteiger partial charge < -0.3 is 20.1 Å². The molecule has 1 aromatic heterocycles. The molecule has 1 aromatic carbocycles. The van der Waals surface area contributed by atoms with Gasteiger partial charge in [-0.1, -0.05) is 11.3 Å². The average Bonchev–Trinajstić information content (AvgIpc) is 3.13. The molecule has 8 heteroatoms. The zero-order chi connectivity index (χ0) is 15.1. The van der Waals surface area contributed by atoms with Gasteiger partial charge in [0.15, 0.2) is 5.13 Å². The zero-order valence-corrected chi connectivity index (χ0v) is 12.7. The van der Waals surface area contributed by atoms with E-state index < -0.39 is 0 Å². The summed E-state index contributed by atoms with van der Waals surface area (Å²) in [5.74, 6) is 0.787. The molecular formula is C14H16N4O3S. The Morgan fingerprint density at radius 2 is 2.32 bits per heavy atom. The summed E-state index contributed by atoms with van der Waals surface area (Å²) < 4.78 is 6.73. The third-order valence-electron chi connectivity index (χ3n) is 3.88. The summed E-state index contributed by atoms with van der Waals surface area (Å²) in [5.41, 5.74) is 1.75. The summed E-state index contributed by atoms with van der Waals surface area (Å²) in [4.78, 5) is 20.2. The summed E-state index contributed by atoms with van der Waals surface area (Å²) in [6.07, 6.45) is 0. The fraction of sp³-hybridized carbons (Fsp3) is 0.429. The van der Waals surface area contributed by atoms with Gasteiger partial charge in [0.05, 0.1) is 17.9 Å². The van der Waals surface area contributed by atoms with E-state index in [1.165, 1.54) is 11.3 Å². The van der Waals surface area contributed by atoms with E-state index in [1.807, 2.05) is 12.1 Å². The van der Waals surface area contributed by atoms with Gasteiger partial charge in [-0.05, 0) is 12.1 Å². The van der Waals surface area contributed by atoms with E-state index in [-0.39, 0.29) is 12.6 Å². The summed E-state index contributed by atoms with van der Waals surface area (Å²) in [7, 11) is 0. The molecule has 2 amide bonds. The first-order valence-corrected chi connectivity index (χ1v) is 8.07. The van der Waals surface area contributed by atoms with Crippen LogP contribution < -0.4 is 19.9 Å². The smallest absolute Gasteiger partial charge is 0.323 e. The fourth-order valence-corrected chi connectivity index (χ4v) is 3.86. The predicted octanol–water partition coefficient (Wildman–Crippen LogP) is 1.02. The van der Waals surface area contributed by atoms with Gasteiger partial charge in [0.1, 0.15) is 23.6 Å². The number of hydrogen-bond donors (Lipinski definition) is 2. The maximum Gasteiger partial charge on any atom is 0.323 e. The van der Waals surface area contributed by atoms with Crippen molar-refractivity contribution in [1.82, 2.24) is 10.3 Å². The first-order chi connectivity index (χ1) is 10.8. The Morgan fingerprint density at radius 1 is 1.41 bits per heavy atom. The van der Waals surface area contributed by atoms with Crippen LogP contribution in [0.3, 0.4) is 0 Å². The third-order valence-corrected chi connectivity index (χ3v) is 4.92. The van der Waals surface area contributed by atoms with E-state index in [2.05, 4.69) is 15.2 Å². The maximum absolute atomic E-state index is 11.8. The Morgan fingerprint density at radius 3 is 3.09 bits per heavy atom. The van der Waals surface area contributed by atoms with E-state index in [4.69, 9.17) is 4.74 Å². The Hall–Kier alpha value is -2.06. The van der Waals surface area contributed by atoms with Crippen LogP contribution in [-0.4, -0.2) is 55.5 Å². The molecule has 1 fully saturated rings. The van der Waals surface area contributed by atoms with Crippen LogP contribution in [0.25, 0.3) is 10.2 Å². The van der Waals surface area contributed by atoms with Crippen molar-refractivity contribution in [2.45, 2.75) is 0 Å². The van der Waals surface area contributed by atoms with Crippen molar-refractivity contribution in [1.29, 1.82) is 0 Å². The van der Waals surface area contributed by atoms with Crippen molar-refractivity contribution in [3.8, 4) is 5.75 Å². The fourth-order valence-electron chi connectivity index (χ4n) is 2.86. The number of fused-ring (bicyclic) bond motifs is 3. The number of ether oxygens (including phenoxy) is 1. The first kappa shape index (κ1) is 13.6. The van der Waals surface area contributed by atoms with Crippen molar-refractivity contribution in [3.63, 3.8) is 0 Å². The molecule has 2 aliphatic heterocycles. The number of aliphatic hydroxyl groups excluding tert-OH is 1. The number of urea groups is 1. The number of β-amino-alcohol motifs (C(OH)–C–C–N with tert-alkyl or cyclic N) is 1. The topological polar surface area (TPSA) is 77.9 Å². The number of hydrogen-bond acceptors (Lipinski definition) is 6. The number of rotatable bonds is 3. The van der Waals surface area contributed by atoms with Crippen LogP contribution in [0.5, 0.6) is 5.75 Å². The molecule has 2 aliphatic rings. The molecule has 0 saturated carbocycles. The minimum absolute atomic E-state index is 0.0847. The lowest BCUT2D eigenvalue weighted by molar-refractivity contribution is 0.252. The van der Waals surface area contributed by atoms with Crippen molar-refractivity contribution in [3.05, 3.63) is 12.1 Å². The van der Waals surface area contributed by atoms with Crippen LogP contribution >= 0.6 is 11.3 Å². The van der Waals surface area contributed by atoms with Gasteiger partial charge in [-0.15, -0.1) is 0 Å². The number of carbonyl (C=O) groups excluding carboxylic acids is 1. The molecule has 2 N–H and O–H groups in total. The molecule has 2 aromatic rings. The molecule has 116 valence electrons. The van der Waals surface area contributed by atoms with E-state index in [0.29, 0.717) is 31.4 Å². The molecule has 3 heterocycles. The van der Waals surface area contributed by atoms with E-state index in [9.17, 15) is 9.90 Å². The molecule has 0 aliphatic carbocycles. The zero-order valence-electron chi connectivity index (χ0n) is 11.9. The number of amides is 2. The van der Waals surface area contributed by atoms with Crippen LogP contribution in [0.15, 0.2) is 12.1 Å². The molecule has 7 nitrogen and oxygen atoms in total. The van der Waals surface area contributed by atoms with Gasteiger partial charge >= 0.3 is 6.03 Å². The Balaban J connectivity index is 1.82. The lowest BCUT2D eigenvalue weighted by Crippen LogP contribution is -2.35. The number of thiazole rings is 1. The molecule has 1 saturated heterocycles. The molecule has 4 rings (SSSR count). The highest BCUT2D eigenvalue weighted by Gasteiger charge is 2.27. The molecule has 0 radical (unpaired) electrons. The Kier molecular flexibility index (Phi) is 3.27. The van der Waals surface area contributed by atoms with Gasteiger partial charge in [-0.2, -0.15) is 0 Å². The number of aromatic nitrogens is 1. The second kappa shape index (κ2) is 5.29. The highest BCUT2D eigenvalue weighted by atomic mass is 32.1. The summed E-state index contributed by atoms with van der Waals surface area (Å²) >= 11 is 1.50. The number of benzene rings is 1. The highest BCUT2D eigenvalue weighted by Crippen LogP contribution is 2.42. The van der Waals surface area contributed by atoms with Gasteiger partial charge in [-0.3, -0.25) is 4.90 Å². The van der Waals surface area contributed by atoms with Crippen LogP contribution in [0, 0.1) is 0 Å². The van der Waals surface area contributed by atoms with Crippen molar-refractivity contribution >= 4 is 38.4 Å². The number of nitrogens with zero attached hydrogens (tertiary/aromatic N) is 3. The Labute approximate surface area is 131 Å². The van der Waals surface area contributed by atoms with Crippen LogP contribution in [0.2, 0.25) is 0 Å². The van der Waals surface area contributed by atoms with Crippen LogP contribution in [-0.2, 0) is 0 Å². The van der Waals surface area contributed by atoms with Crippen LogP contribution in [0.4, 0.5) is 15.6 Å². The summed E-state index contributed by atoms with van der Waals surface area (Å²) in [5, 5.41) is 12.8. The van der Waals surface area contributed by atoms with E-state index in [1.54, 1.807) is 4.90 Å². The normalized spacial score (nSPS) is 17.6. The number of nitrogens with one attached hydrogen (secondary N) is 1. The molecular weight excluding hydrogens is 304 g/mol. The van der Waals surface area contributed by atoms with Gasteiger partial charge in [0.2, 0.25) is 0 Å². The maximum atomic E-state index is 11.8. The lowest BCUT2D eigenvalue weighted by Gasteiger charge is -2.30. The van der Waals surface area contributed by atoms with Crippen LogP contribution in [0.1, 0.15) is 0 Å². The number of carbonyl (C=O) groups is 1. The molecule has 0 bridgehead atoms. The third kappa shape index (κ3) is 2.06. The standard InChI is InChI=1S/C14H16N4O3S/c19-7-5-17-6-8-21-9-1-2-10-11(12(9)17)16-14(22-10)18-4-3-15-13(18)20/h1-2,19H,3-8H2,(H,15,20). The number of anilines is 2. The molecule has 0 atom stereocenters. The monoisotopic (exact) mass is 320 g/mol. The molecule has 0 spiro atoms. The van der Waals surface area contributed by atoms with Crippen molar-refractivity contribution < 1.29 is 14.6 Å². The highest BCUT2D eigenvalue weighted by molar-refractivity contribution is 7.22. The SMILES string of the molecule is O=C1NCCN1c1nc2c3c(ccc2s1)OCCN3CCO. The van der Waals surface area contributed by atoms with Crippen molar-refractivity contribution in [2.24, 2.45) is 0 Å². The minimum atomic E-state index is -0.101. The minimum Gasteiger partial charge on any atom is -0.489 e. The first-order valence-electron chi connectivity index (χ1n) is 7.25. The van der Waals surface area contributed by atoms with Gasteiger partial charge in [0, 0.05) is 19.6 Å². The average molecular weight is 320 g/mol. The summed E-state index contributed by atoms with van der Waals surface area (Å²) in [6.45, 7) is 3.24. The Bertz CT molecular complexity index is 732. The second-order valence-corrected chi connectivity index (χ2v) is 6.21. The quantitative estimate of drug-likeness (QED) is 0.883. The largest absolute Gasteiger partial charge is 0.489 e. The van der Waals surface area contributed by atoms with E-state index in [0.717, 1.165) is 28.2 Å². The molecule has 22 heavy (non-hydrogen) atoms. The summed E-state index contributed by atoms with van der Waals surface area (Å²) in [6, 6.07) is 3.82. The van der Waals surface area contributed by atoms with Gasteiger partial charge in [0.25, 0.3) is 0 Å². The van der Waals surface area contributed by atoms with Crippen molar-refractivity contribution in [2.75, 3.05) is 49.2 Å². The second-order valence-electron chi connectivity index (χ2n) is 5.20. The number of aliphatic hydroxyl groups is 1. The molecule has 0 unspecified atom stereocenters. The lowest BCUT2D eigenvalue weighted by atomic mass is 10.2.